The van der Waals surface area contributed by atoms with Crippen LogP contribution in [0.15, 0.2) is 36.7 Å². The maximum atomic E-state index is 5.91. The van der Waals surface area contributed by atoms with Crippen LogP contribution in [-0.2, 0) is 19.5 Å². The van der Waals surface area contributed by atoms with Crippen LogP contribution in [0.25, 0.3) is 0 Å². The smallest absolute Gasteiger partial charge is 0.123 e. The first-order valence-electron chi connectivity index (χ1n) is 7.44. The molecule has 3 rings (SSSR count). The van der Waals surface area contributed by atoms with Gasteiger partial charge in [-0.15, -0.1) is 0 Å². The molecule has 0 saturated carbocycles. The molecule has 1 aromatic carbocycles. The van der Waals surface area contributed by atoms with E-state index in [1.807, 2.05) is 18.5 Å². The van der Waals surface area contributed by atoms with Crippen LogP contribution in [0.4, 0.5) is 0 Å². The lowest BCUT2D eigenvalue weighted by atomic mass is 10.0. The molecule has 1 N–H and O–H groups in total. The fourth-order valence-electron chi connectivity index (χ4n) is 2.80. The van der Waals surface area contributed by atoms with E-state index in [1.165, 1.54) is 22.3 Å². The van der Waals surface area contributed by atoms with Gasteiger partial charge in [0.1, 0.15) is 11.4 Å². The summed E-state index contributed by atoms with van der Waals surface area (Å²) >= 11 is 0. The summed E-state index contributed by atoms with van der Waals surface area (Å²) in [6.45, 7) is 8.10. The summed E-state index contributed by atoms with van der Waals surface area (Å²) < 4.78 is 5.91. The Morgan fingerprint density at radius 1 is 1.24 bits per heavy atom. The van der Waals surface area contributed by atoms with Gasteiger partial charge in [-0.3, -0.25) is 4.98 Å². The number of rotatable bonds is 4. The topological polar surface area (TPSA) is 34.2 Å². The van der Waals surface area contributed by atoms with Crippen LogP contribution < -0.4 is 10.1 Å². The highest BCUT2D eigenvalue weighted by Gasteiger charge is 2.29. The number of pyridine rings is 1. The van der Waals surface area contributed by atoms with Gasteiger partial charge in [-0.25, -0.2) is 0 Å². The Morgan fingerprint density at radius 3 is 2.90 bits per heavy atom. The number of hydrogen-bond acceptors (Lipinski definition) is 3. The normalized spacial score (nSPS) is 15.6. The second kappa shape index (κ2) is 5.49. The van der Waals surface area contributed by atoms with Gasteiger partial charge < -0.3 is 10.1 Å². The Kier molecular flexibility index (Phi) is 3.68. The predicted molar refractivity (Wildman–Crippen MR) is 84.4 cm³/mol. The SMILES string of the molecule is Cc1ccncc1CNCc1ccc2c(c1)CC(C)(C)O2. The van der Waals surface area contributed by atoms with Crippen molar-refractivity contribution in [3.05, 3.63) is 58.9 Å². The van der Waals surface area contributed by atoms with Gasteiger partial charge in [-0.2, -0.15) is 0 Å². The Bertz CT molecular complexity index is 649. The third-order valence-corrected chi connectivity index (χ3v) is 3.92. The molecule has 0 fully saturated rings. The van der Waals surface area contributed by atoms with E-state index < -0.39 is 0 Å². The van der Waals surface area contributed by atoms with Crippen LogP contribution >= 0.6 is 0 Å². The van der Waals surface area contributed by atoms with Crippen LogP contribution in [0.3, 0.4) is 0 Å². The largest absolute Gasteiger partial charge is 0.487 e. The molecule has 3 nitrogen and oxygen atoms in total. The van der Waals surface area contributed by atoms with E-state index in [0.29, 0.717) is 0 Å². The minimum Gasteiger partial charge on any atom is -0.487 e. The quantitative estimate of drug-likeness (QED) is 0.933. The number of ether oxygens (including phenoxy) is 1. The van der Waals surface area contributed by atoms with E-state index in [4.69, 9.17) is 4.74 Å². The lowest BCUT2D eigenvalue weighted by Gasteiger charge is -2.16. The molecule has 0 bridgehead atoms. The molecule has 1 aliphatic heterocycles. The molecular weight excluding hydrogens is 260 g/mol. The van der Waals surface area contributed by atoms with Crippen LogP contribution in [0, 0.1) is 6.92 Å². The molecular formula is C18H22N2O. The van der Waals surface area contributed by atoms with Gasteiger partial charge in [0.15, 0.2) is 0 Å². The van der Waals surface area contributed by atoms with E-state index >= 15 is 0 Å². The Labute approximate surface area is 126 Å². The zero-order valence-corrected chi connectivity index (χ0v) is 12.9. The summed E-state index contributed by atoms with van der Waals surface area (Å²) in [6.07, 6.45) is 4.75. The second-order valence-electron chi connectivity index (χ2n) is 6.39. The highest BCUT2D eigenvalue weighted by molar-refractivity contribution is 5.41. The first-order valence-corrected chi connectivity index (χ1v) is 7.44. The number of aromatic nitrogens is 1. The number of hydrogen-bond donors (Lipinski definition) is 1. The number of aryl methyl sites for hydroxylation is 1. The predicted octanol–water partition coefficient (Wildman–Crippen LogP) is 3.39. The number of nitrogens with one attached hydrogen (secondary N) is 1. The van der Waals surface area contributed by atoms with E-state index in [1.54, 1.807) is 0 Å². The van der Waals surface area contributed by atoms with Gasteiger partial charge in [0.05, 0.1) is 0 Å². The van der Waals surface area contributed by atoms with Gasteiger partial charge in [0, 0.05) is 31.9 Å². The lowest BCUT2D eigenvalue weighted by Crippen LogP contribution is -2.24. The van der Waals surface area contributed by atoms with Crippen molar-refractivity contribution in [2.45, 2.75) is 45.9 Å². The van der Waals surface area contributed by atoms with E-state index in [2.05, 4.69) is 49.3 Å². The molecule has 0 radical (unpaired) electrons. The number of nitrogens with zero attached hydrogens (tertiary/aromatic N) is 1. The average Bonchev–Trinajstić information content (AvgIpc) is 2.74. The summed E-state index contributed by atoms with van der Waals surface area (Å²) in [6, 6.07) is 8.54. The third-order valence-electron chi connectivity index (χ3n) is 3.92. The van der Waals surface area contributed by atoms with Gasteiger partial charge in [0.25, 0.3) is 0 Å². The minimum atomic E-state index is -0.0682. The van der Waals surface area contributed by atoms with Crippen molar-refractivity contribution in [3.63, 3.8) is 0 Å². The van der Waals surface area contributed by atoms with E-state index in [9.17, 15) is 0 Å². The Hall–Kier alpha value is -1.87. The standard InChI is InChI=1S/C18H22N2O/c1-13-6-7-19-11-16(13)12-20-10-14-4-5-17-15(8-14)9-18(2,3)21-17/h4-8,11,20H,9-10,12H2,1-3H3. The maximum absolute atomic E-state index is 5.91. The molecule has 1 aromatic heterocycles. The molecule has 0 saturated heterocycles. The average molecular weight is 282 g/mol. The summed E-state index contributed by atoms with van der Waals surface area (Å²) in [5, 5.41) is 3.49. The van der Waals surface area contributed by atoms with Crippen molar-refractivity contribution in [1.29, 1.82) is 0 Å². The fraction of sp³-hybridized carbons (Fsp3) is 0.389. The molecule has 1 aliphatic rings. The summed E-state index contributed by atoms with van der Waals surface area (Å²) in [7, 11) is 0. The van der Waals surface area contributed by atoms with Gasteiger partial charge >= 0.3 is 0 Å². The zero-order valence-electron chi connectivity index (χ0n) is 12.9. The van der Waals surface area contributed by atoms with Crippen molar-refractivity contribution >= 4 is 0 Å². The molecule has 0 amide bonds. The highest BCUT2D eigenvalue weighted by atomic mass is 16.5. The lowest BCUT2D eigenvalue weighted by molar-refractivity contribution is 0.138. The van der Waals surface area contributed by atoms with Crippen LogP contribution in [0.2, 0.25) is 0 Å². The van der Waals surface area contributed by atoms with Gasteiger partial charge in [-0.1, -0.05) is 12.1 Å². The van der Waals surface area contributed by atoms with E-state index in [-0.39, 0.29) is 5.60 Å². The first kappa shape index (κ1) is 14.1. The van der Waals surface area contributed by atoms with Crippen LogP contribution in [0.1, 0.15) is 36.1 Å². The molecule has 0 unspecified atom stereocenters. The third kappa shape index (κ3) is 3.24. The van der Waals surface area contributed by atoms with Crippen molar-refractivity contribution in [2.24, 2.45) is 0 Å². The summed E-state index contributed by atoms with van der Waals surface area (Å²) in [5.41, 5.74) is 5.08. The van der Waals surface area contributed by atoms with Gasteiger partial charge in [-0.05, 0) is 55.2 Å². The monoisotopic (exact) mass is 282 g/mol. The number of benzene rings is 1. The molecule has 0 atom stereocenters. The summed E-state index contributed by atoms with van der Waals surface area (Å²) in [4.78, 5) is 4.18. The van der Waals surface area contributed by atoms with Crippen LogP contribution in [0.5, 0.6) is 5.75 Å². The Balaban J connectivity index is 1.61. The van der Waals surface area contributed by atoms with Gasteiger partial charge in [0.2, 0.25) is 0 Å². The van der Waals surface area contributed by atoms with Crippen molar-refractivity contribution in [2.75, 3.05) is 0 Å². The second-order valence-corrected chi connectivity index (χ2v) is 6.39. The van der Waals surface area contributed by atoms with Crippen molar-refractivity contribution in [3.8, 4) is 5.75 Å². The van der Waals surface area contributed by atoms with E-state index in [0.717, 1.165) is 25.3 Å². The molecule has 0 aliphatic carbocycles. The molecule has 2 aromatic rings. The molecule has 3 heteroatoms. The maximum Gasteiger partial charge on any atom is 0.123 e. The van der Waals surface area contributed by atoms with Crippen molar-refractivity contribution in [1.82, 2.24) is 10.3 Å². The first-order chi connectivity index (χ1) is 10.0. The minimum absolute atomic E-state index is 0.0682. The van der Waals surface area contributed by atoms with Crippen molar-refractivity contribution < 1.29 is 4.74 Å². The number of fused-ring (bicyclic) bond motifs is 1. The molecule has 2 heterocycles. The zero-order chi connectivity index (χ0) is 14.9. The Morgan fingerprint density at radius 2 is 2.10 bits per heavy atom. The van der Waals surface area contributed by atoms with Crippen LogP contribution in [-0.4, -0.2) is 10.6 Å². The molecule has 0 spiro atoms. The summed E-state index contributed by atoms with van der Waals surface area (Å²) in [5.74, 6) is 1.03. The highest BCUT2D eigenvalue weighted by Crippen LogP contribution is 2.35. The molecule has 110 valence electrons. The molecule has 21 heavy (non-hydrogen) atoms. The fourth-order valence-corrected chi connectivity index (χ4v) is 2.80.